The van der Waals surface area contributed by atoms with Crippen molar-refractivity contribution in [2.45, 2.75) is 32.5 Å². The third-order valence-electron chi connectivity index (χ3n) is 4.45. The fourth-order valence-corrected chi connectivity index (χ4v) is 3.59. The molecular formula is C23H26N4O4S. The molecule has 0 aliphatic heterocycles. The Morgan fingerprint density at radius 3 is 2.31 bits per heavy atom. The van der Waals surface area contributed by atoms with Gasteiger partial charge in [0.15, 0.2) is 11.0 Å². The van der Waals surface area contributed by atoms with Crippen LogP contribution >= 0.6 is 11.8 Å². The first kappa shape index (κ1) is 23.3. The molecule has 1 heterocycles. The Balaban J connectivity index is 1.72. The zero-order valence-electron chi connectivity index (χ0n) is 18.3. The number of nitrogens with one attached hydrogen (secondary N) is 1. The van der Waals surface area contributed by atoms with E-state index in [0.717, 1.165) is 22.6 Å². The number of aromatic nitrogens is 3. The van der Waals surface area contributed by atoms with E-state index in [9.17, 15) is 9.59 Å². The smallest absolute Gasteiger partial charge is 0.325 e. The number of nitrogens with zero attached hydrogens (tertiary/aromatic N) is 3. The molecule has 1 aromatic heterocycles. The van der Waals surface area contributed by atoms with Crippen molar-refractivity contribution >= 4 is 23.6 Å². The lowest BCUT2D eigenvalue weighted by molar-refractivity contribution is -0.143. The molecule has 0 aliphatic rings. The van der Waals surface area contributed by atoms with Gasteiger partial charge in [0.2, 0.25) is 5.91 Å². The van der Waals surface area contributed by atoms with E-state index in [2.05, 4.69) is 15.5 Å². The number of hydrogen-bond donors (Lipinski definition) is 1. The first-order chi connectivity index (χ1) is 15.5. The maximum atomic E-state index is 12.1. The Bertz CT molecular complexity index is 1050. The highest BCUT2D eigenvalue weighted by Crippen LogP contribution is 2.23. The molecule has 0 bridgehead atoms. The third kappa shape index (κ3) is 6.58. The van der Waals surface area contributed by atoms with Gasteiger partial charge in [-0.2, -0.15) is 0 Å². The minimum absolute atomic E-state index is 0.0855. The minimum Gasteiger partial charge on any atom is -0.486 e. The molecule has 0 radical (unpaired) electrons. The molecule has 0 saturated carbocycles. The summed E-state index contributed by atoms with van der Waals surface area (Å²) in [6.07, 6.45) is 0. The number of thioether (sulfide) groups is 1. The average molecular weight is 455 g/mol. The van der Waals surface area contributed by atoms with Gasteiger partial charge in [-0.3, -0.25) is 14.2 Å². The fraction of sp³-hybridized carbons (Fsp3) is 0.304. The SMILES string of the molecule is CCOC(=O)CNC(=O)CSc1nnc(COc2ccc(C)cc2)n1-c1ccc(C)cc1. The molecule has 0 atom stereocenters. The van der Waals surface area contributed by atoms with Gasteiger partial charge in [0.25, 0.3) is 0 Å². The molecule has 0 saturated heterocycles. The van der Waals surface area contributed by atoms with Crippen LogP contribution in [0.2, 0.25) is 0 Å². The third-order valence-corrected chi connectivity index (χ3v) is 5.38. The second-order valence-electron chi connectivity index (χ2n) is 7.04. The van der Waals surface area contributed by atoms with Crippen molar-refractivity contribution in [3.8, 4) is 11.4 Å². The van der Waals surface area contributed by atoms with Crippen molar-refractivity contribution < 1.29 is 19.1 Å². The van der Waals surface area contributed by atoms with E-state index in [0.29, 0.717) is 11.0 Å². The summed E-state index contributed by atoms with van der Waals surface area (Å²) in [6.45, 7) is 6.09. The number of ether oxygens (including phenoxy) is 2. The predicted molar refractivity (Wildman–Crippen MR) is 122 cm³/mol. The molecule has 3 rings (SSSR count). The van der Waals surface area contributed by atoms with Crippen LogP contribution in [0.15, 0.2) is 53.7 Å². The molecule has 0 fully saturated rings. The van der Waals surface area contributed by atoms with Crippen molar-refractivity contribution in [1.82, 2.24) is 20.1 Å². The summed E-state index contributed by atoms with van der Waals surface area (Å²) < 4.78 is 12.6. The van der Waals surface area contributed by atoms with Crippen LogP contribution in [0.3, 0.4) is 0 Å². The normalized spacial score (nSPS) is 10.6. The molecule has 1 N–H and O–H groups in total. The molecule has 0 unspecified atom stereocenters. The van der Waals surface area contributed by atoms with Crippen LogP contribution in [0.1, 0.15) is 23.9 Å². The predicted octanol–water partition coefficient (Wildman–Crippen LogP) is 3.23. The highest BCUT2D eigenvalue weighted by atomic mass is 32.2. The molecule has 1 amide bonds. The van der Waals surface area contributed by atoms with Crippen molar-refractivity contribution in [2.24, 2.45) is 0 Å². The highest BCUT2D eigenvalue weighted by molar-refractivity contribution is 7.99. The van der Waals surface area contributed by atoms with Gasteiger partial charge in [0.05, 0.1) is 12.4 Å². The second kappa shape index (κ2) is 11.3. The van der Waals surface area contributed by atoms with Crippen molar-refractivity contribution in [3.05, 3.63) is 65.5 Å². The number of carbonyl (C=O) groups excluding carboxylic acids is 2. The number of benzene rings is 2. The van der Waals surface area contributed by atoms with Gasteiger partial charge in [0.1, 0.15) is 18.9 Å². The monoisotopic (exact) mass is 454 g/mol. The van der Waals surface area contributed by atoms with Gasteiger partial charge in [-0.1, -0.05) is 47.2 Å². The first-order valence-electron chi connectivity index (χ1n) is 10.2. The molecule has 168 valence electrons. The van der Waals surface area contributed by atoms with Crippen LogP contribution in [-0.2, 0) is 20.9 Å². The van der Waals surface area contributed by atoms with Gasteiger partial charge >= 0.3 is 5.97 Å². The number of esters is 1. The molecule has 9 heteroatoms. The van der Waals surface area contributed by atoms with Gasteiger partial charge in [0, 0.05) is 5.69 Å². The van der Waals surface area contributed by atoms with Gasteiger partial charge in [-0.25, -0.2) is 0 Å². The van der Waals surface area contributed by atoms with Crippen LogP contribution in [0.5, 0.6) is 5.75 Å². The van der Waals surface area contributed by atoms with Crippen molar-refractivity contribution in [2.75, 3.05) is 18.9 Å². The number of carbonyl (C=O) groups is 2. The molecule has 32 heavy (non-hydrogen) atoms. The van der Waals surface area contributed by atoms with E-state index < -0.39 is 5.97 Å². The van der Waals surface area contributed by atoms with E-state index >= 15 is 0 Å². The minimum atomic E-state index is -0.468. The zero-order valence-corrected chi connectivity index (χ0v) is 19.1. The quantitative estimate of drug-likeness (QED) is 0.371. The molecular weight excluding hydrogens is 428 g/mol. The van der Waals surface area contributed by atoms with E-state index in [1.807, 2.05) is 66.9 Å². The number of hydrogen-bond acceptors (Lipinski definition) is 7. The summed E-state index contributed by atoms with van der Waals surface area (Å²) in [5.41, 5.74) is 3.16. The summed E-state index contributed by atoms with van der Waals surface area (Å²) in [4.78, 5) is 23.6. The first-order valence-corrected chi connectivity index (χ1v) is 11.2. The number of amides is 1. The van der Waals surface area contributed by atoms with Gasteiger partial charge in [-0.15, -0.1) is 10.2 Å². The van der Waals surface area contributed by atoms with E-state index in [1.165, 1.54) is 11.8 Å². The van der Waals surface area contributed by atoms with Crippen molar-refractivity contribution in [3.63, 3.8) is 0 Å². The van der Waals surface area contributed by atoms with Crippen LogP contribution in [0, 0.1) is 13.8 Å². The highest BCUT2D eigenvalue weighted by Gasteiger charge is 2.17. The fourth-order valence-electron chi connectivity index (χ4n) is 2.79. The molecule has 2 aromatic carbocycles. The van der Waals surface area contributed by atoms with Crippen LogP contribution in [0.4, 0.5) is 0 Å². The summed E-state index contributed by atoms with van der Waals surface area (Å²) in [5.74, 6) is 0.677. The summed E-state index contributed by atoms with van der Waals surface area (Å²) in [6, 6.07) is 15.7. The maximum Gasteiger partial charge on any atom is 0.325 e. The van der Waals surface area contributed by atoms with E-state index in [4.69, 9.17) is 9.47 Å². The Morgan fingerprint density at radius 1 is 1.00 bits per heavy atom. The Kier molecular flexibility index (Phi) is 8.27. The van der Waals surface area contributed by atoms with E-state index in [-0.39, 0.29) is 31.4 Å². The van der Waals surface area contributed by atoms with E-state index in [1.54, 1.807) is 6.92 Å². The Morgan fingerprint density at radius 2 is 1.66 bits per heavy atom. The number of aryl methyl sites for hydroxylation is 2. The zero-order chi connectivity index (χ0) is 22.9. The lowest BCUT2D eigenvalue weighted by Gasteiger charge is -2.12. The van der Waals surface area contributed by atoms with Crippen LogP contribution < -0.4 is 10.1 Å². The molecule has 3 aromatic rings. The summed E-state index contributed by atoms with van der Waals surface area (Å²) in [7, 11) is 0. The molecule has 8 nitrogen and oxygen atoms in total. The maximum absolute atomic E-state index is 12.1. The standard InChI is InChI=1S/C23H26N4O4S/c1-4-30-22(29)13-24-21(28)15-32-23-26-25-20(14-31-19-11-7-17(3)8-12-19)27(23)18-9-5-16(2)6-10-18/h5-12H,4,13-15H2,1-3H3,(H,24,28). The summed E-state index contributed by atoms with van der Waals surface area (Å²) >= 11 is 1.23. The Labute approximate surface area is 191 Å². The molecule has 0 aliphatic carbocycles. The summed E-state index contributed by atoms with van der Waals surface area (Å²) in [5, 5.41) is 11.7. The second-order valence-corrected chi connectivity index (χ2v) is 7.98. The van der Waals surface area contributed by atoms with Crippen molar-refractivity contribution in [1.29, 1.82) is 0 Å². The largest absolute Gasteiger partial charge is 0.486 e. The van der Waals surface area contributed by atoms with Gasteiger partial charge < -0.3 is 14.8 Å². The Hall–Kier alpha value is -3.33. The van der Waals surface area contributed by atoms with Gasteiger partial charge in [-0.05, 0) is 45.0 Å². The lowest BCUT2D eigenvalue weighted by atomic mass is 10.2. The average Bonchev–Trinajstić information content (AvgIpc) is 3.19. The van der Waals surface area contributed by atoms with Crippen LogP contribution in [0.25, 0.3) is 5.69 Å². The van der Waals surface area contributed by atoms with Crippen LogP contribution in [-0.4, -0.2) is 45.5 Å². The topological polar surface area (TPSA) is 95.3 Å². The lowest BCUT2D eigenvalue weighted by Crippen LogP contribution is -2.31. The number of rotatable bonds is 10. The molecule has 0 spiro atoms.